The van der Waals surface area contributed by atoms with Crippen LogP contribution in [0.15, 0.2) is 17.5 Å². The summed E-state index contributed by atoms with van der Waals surface area (Å²) in [6.45, 7) is 0.824. The van der Waals surface area contributed by atoms with Crippen LogP contribution in [0, 0.1) is 11.8 Å². The molecule has 2 atom stereocenters. The van der Waals surface area contributed by atoms with Crippen molar-refractivity contribution in [3.63, 3.8) is 0 Å². The summed E-state index contributed by atoms with van der Waals surface area (Å²) in [5, 5.41) is 11.0. The minimum Gasteiger partial charge on any atom is -0.480 e. The lowest BCUT2D eigenvalue weighted by molar-refractivity contribution is -0.137. The molecule has 1 aromatic heterocycles. The van der Waals surface area contributed by atoms with E-state index in [0.29, 0.717) is 31.3 Å². The lowest BCUT2D eigenvalue weighted by atomic mass is 9.77. The third kappa shape index (κ3) is 3.19. The molecule has 6 nitrogen and oxygen atoms in total. The van der Waals surface area contributed by atoms with E-state index in [4.69, 9.17) is 5.11 Å². The van der Waals surface area contributed by atoms with E-state index < -0.39 is 22.7 Å². The van der Waals surface area contributed by atoms with Gasteiger partial charge in [-0.15, -0.1) is 11.3 Å². The molecule has 8 heteroatoms. The zero-order valence-electron chi connectivity index (χ0n) is 12.2. The molecule has 122 valence electrons. The molecule has 1 N–H and O–H groups in total. The number of carboxylic acid groups (broad SMARTS) is 1. The highest BCUT2D eigenvalue weighted by atomic mass is 32.2. The van der Waals surface area contributed by atoms with Gasteiger partial charge in [0.25, 0.3) is 10.2 Å². The molecule has 0 amide bonds. The topological polar surface area (TPSA) is 77.9 Å². The van der Waals surface area contributed by atoms with E-state index >= 15 is 0 Å². The lowest BCUT2D eigenvalue weighted by Crippen LogP contribution is -2.45. The van der Waals surface area contributed by atoms with Crippen LogP contribution in [0.2, 0.25) is 0 Å². The molecule has 0 unspecified atom stereocenters. The van der Waals surface area contributed by atoms with E-state index in [1.54, 1.807) is 11.3 Å². The molecule has 0 spiro atoms. The second-order valence-electron chi connectivity index (χ2n) is 5.98. The first-order valence-corrected chi connectivity index (χ1v) is 9.74. The normalized spacial score (nSPS) is 25.1. The quantitative estimate of drug-likeness (QED) is 0.808. The summed E-state index contributed by atoms with van der Waals surface area (Å²) in [7, 11) is -3.68. The molecular weight excluding hydrogens is 324 g/mol. The number of hydrogen-bond donors (Lipinski definition) is 1. The fourth-order valence-corrected chi connectivity index (χ4v) is 5.56. The Balaban J connectivity index is 1.70. The third-order valence-electron chi connectivity index (χ3n) is 4.60. The molecule has 2 heterocycles. The van der Waals surface area contributed by atoms with Crippen molar-refractivity contribution in [3.05, 3.63) is 22.4 Å². The van der Waals surface area contributed by atoms with Crippen molar-refractivity contribution in [1.82, 2.24) is 8.61 Å². The standard InChI is InChI=1S/C14H20N2O4S2/c17-14(18)10-15(6-5-13-2-1-7-21-13)22(19,20)16-8-11-3-4-12(11)9-16/h1-2,7,11-12H,3-6,8-10H2,(H,17,18)/t11-,12+. The van der Waals surface area contributed by atoms with Crippen LogP contribution in [0.3, 0.4) is 0 Å². The molecule has 22 heavy (non-hydrogen) atoms. The summed E-state index contributed by atoms with van der Waals surface area (Å²) in [4.78, 5) is 12.1. The van der Waals surface area contributed by atoms with E-state index in [2.05, 4.69) is 0 Å². The SMILES string of the molecule is O=C(O)CN(CCc1cccs1)S(=O)(=O)N1C[C@H]2CC[C@H]2C1. The van der Waals surface area contributed by atoms with Gasteiger partial charge in [0, 0.05) is 24.5 Å². The van der Waals surface area contributed by atoms with Gasteiger partial charge >= 0.3 is 5.97 Å². The van der Waals surface area contributed by atoms with E-state index in [1.165, 1.54) is 4.31 Å². The number of carbonyl (C=O) groups is 1. The summed E-state index contributed by atoms with van der Waals surface area (Å²) in [6.07, 6.45) is 2.72. The number of thiophene rings is 1. The van der Waals surface area contributed by atoms with Crippen molar-refractivity contribution in [1.29, 1.82) is 0 Å². The second kappa shape index (κ2) is 6.27. The van der Waals surface area contributed by atoms with E-state index in [9.17, 15) is 13.2 Å². The zero-order valence-corrected chi connectivity index (χ0v) is 13.9. The first-order chi connectivity index (χ1) is 10.5. The average molecular weight is 344 g/mol. The van der Waals surface area contributed by atoms with Crippen molar-refractivity contribution < 1.29 is 18.3 Å². The molecule has 2 aliphatic rings. The zero-order chi connectivity index (χ0) is 15.7. The first kappa shape index (κ1) is 15.9. The van der Waals surface area contributed by atoms with Gasteiger partial charge in [-0.3, -0.25) is 4.79 Å². The third-order valence-corrected chi connectivity index (χ3v) is 7.45. The van der Waals surface area contributed by atoms with Crippen LogP contribution in [0.5, 0.6) is 0 Å². The van der Waals surface area contributed by atoms with E-state index in [-0.39, 0.29) is 6.54 Å². The monoisotopic (exact) mass is 344 g/mol. The van der Waals surface area contributed by atoms with Crippen molar-refractivity contribution in [2.24, 2.45) is 11.8 Å². The summed E-state index contributed by atoms with van der Waals surface area (Å²) >= 11 is 1.55. The van der Waals surface area contributed by atoms with Crippen LogP contribution in [0.4, 0.5) is 0 Å². The number of hydrogen-bond acceptors (Lipinski definition) is 4. The van der Waals surface area contributed by atoms with E-state index in [0.717, 1.165) is 22.0 Å². The van der Waals surface area contributed by atoms with Gasteiger partial charge in [0.2, 0.25) is 0 Å². The highest BCUT2D eigenvalue weighted by Crippen LogP contribution is 2.41. The van der Waals surface area contributed by atoms with Gasteiger partial charge < -0.3 is 5.11 Å². The minimum absolute atomic E-state index is 0.209. The molecule has 1 aromatic rings. The highest BCUT2D eigenvalue weighted by Gasteiger charge is 2.45. The highest BCUT2D eigenvalue weighted by molar-refractivity contribution is 7.86. The Kier molecular flexibility index (Phi) is 4.54. The number of carboxylic acids is 1. The predicted octanol–water partition coefficient (Wildman–Crippen LogP) is 1.26. The fourth-order valence-electron chi connectivity index (χ4n) is 3.18. The Morgan fingerprint density at radius 2 is 2.05 bits per heavy atom. The molecule has 0 aromatic carbocycles. The number of fused-ring (bicyclic) bond motifs is 1. The molecule has 2 fully saturated rings. The Labute approximate surface area is 134 Å². The Morgan fingerprint density at radius 3 is 2.55 bits per heavy atom. The molecule has 1 saturated heterocycles. The van der Waals surface area contributed by atoms with Gasteiger partial charge in [-0.05, 0) is 42.5 Å². The van der Waals surface area contributed by atoms with Crippen molar-refractivity contribution in [2.45, 2.75) is 19.3 Å². The molecule has 3 rings (SSSR count). The molecular formula is C14H20N2O4S2. The van der Waals surface area contributed by atoms with Crippen LogP contribution >= 0.6 is 11.3 Å². The largest absolute Gasteiger partial charge is 0.480 e. The maximum Gasteiger partial charge on any atom is 0.318 e. The van der Waals surface area contributed by atoms with Gasteiger partial charge in [-0.2, -0.15) is 17.0 Å². The van der Waals surface area contributed by atoms with Gasteiger partial charge in [-0.1, -0.05) is 6.07 Å². The summed E-state index contributed by atoms with van der Waals surface area (Å²) in [5.74, 6) is -0.172. The predicted molar refractivity (Wildman–Crippen MR) is 83.9 cm³/mol. The second-order valence-corrected chi connectivity index (χ2v) is 8.94. The average Bonchev–Trinajstić information content (AvgIpc) is 3.03. The lowest BCUT2D eigenvalue weighted by Gasteiger charge is -2.27. The number of aliphatic carboxylic acids is 1. The summed E-state index contributed by atoms with van der Waals surface area (Å²) in [6, 6.07) is 3.85. The molecule has 0 radical (unpaired) electrons. The Bertz CT molecular complexity index is 617. The van der Waals surface area contributed by atoms with Crippen LogP contribution in [-0.4, -0.2) is 54.3 Å². The van der Waals surface area contributed by atoms with Crippen LogP contribution < -0.4 is 0 Å². The summed E-state index contributed by atoms with van der Waals surface area (Å²) in [5.41, 5.74) is 0. The maximum atomic E-state index is 12.7. The maximum absolute atomic E-state index is 12.7. The number of nitrogens with zero attached hydrogens (tertiary/aromatic N) is 2. The van der Waals surface area contributed by atoms with Gasteiger partial charge in [0.1, 0.15) is 6.54 Å². The smallest absolute Gasteiger partial charge is 0.318 e. The first-order valence-electron chi connectivity index (χ1n) is 7.46. The Hall–Kier alpha value is -0.960. The molecule has 1 saturated carbocycles. The molecule has 0 bridgehead atoms. The fraction of sp³-hybridized carbons (Fsp3) is 0.643. The summed E-state index contributed by atoms with van der Waals surface area (Å²) < 4.78 is 28.1. The van der Waals surface area contributed by atoms with Gasteiger partial charge in [-0.25, -0.2) is 0 Å². The van der Waals surface area contributed by atoms with Crippen molar-refractivity contribution in [2.75, 3.05) is 26.2 Å². The molecule has 1 aliphatic heterocycles. The van der Waals surface area contributed by atoms with Gasteiger partial charge in [0.05, 0.1) is 0 Å². The van der Waals surface area contributed by atoms with Crippen LogP contribution in [0.1, 0.15) is 17.7 Å². The Morgan fingerprint density at radius 1 is 1.36 bits per heavy atom. The van der Waals surface area contributed by atoms with Crippen molar-refractivity contribution in [3.8, 4) is 0 Å². The van der Waals surface area contributed by atoms with Crippen molar-refractivity contribution >= 4 is 27.5 Å². The van der Waals surface area contributed by atoms with Crippen LogP contribution in [-0.2, 0) is 21.4 Å². The minimum atomic E-state index is -3.68. The van der Waals surface area contributed by atoms with E-state index in [1.807, 2.05) is 17.5 Å². The number of rotatable bonds is 7. The molecule has 1 aliphatic carbocycles. The van der Waals surface area contributed by atoms with Gasteiger partial charge in [0.15, 0.2) is 0 Å². The van der Waals surface area contributed by atoms with Crippen LogP contribution in [0.25, 0.3) is 0 Å².